The van der Waals surface area contributed by atoms with Crippen LogP contribution in [0.4, 0.5) is 5.69 Å². The third-order valence-corrected chi connectivity index (χ3v) is 5.93. The highest BCUT2D eigenvalue weighted by Crippen LogP contribution is 2.31. The van der Waals surface area contributed by atoms with E-state index in [9.17, 15) is 18.0 Å². The molecule has 0 unspecified atom stereocenters. The zero-order valence-corrected chi connectivity index (χ0v) is 15.5. The molecule has 1 aromatic carbocycles. The summed E-state index contributed by atoms with van der Waals surface area (Å²) in [6, 6.07) is 4.40. The smallest absolute Gasteiger partial charge is 0.246 e. The highest BCUT2D eigenvalue weighted by molar-refractivity contribution is 7.89. The highest BCUT2D eigenvalue weighted by Gasteiger charge is 2.29. The van der Waals surface area contributed by atoms with E-state index in [4.69, 9.17) is 10.5 Å². The van der Waals surface area contributed by atoms with Crippen LogP contribution in [0.1, 0.15) is 19.3 Å². The van der Waals surface area contributed by atoms with Crippen molar-refractivity contribution in [3.63, 3.8) is 0 Å². The van der Waals surface area contributed by atoms with E-state index < -0.39 is 21.8 Å². The van der Waals surface area contributed by atoms with Gasteiger partial charge >= 0.3 is 0 Å². The Morgan fingerprint density at radius 1 is 1.19 bits per heavy atom. The molecule has 0 spiro atoms. The molecular weight excluding hydrogens is 360 g/mol. The number of nitrogens with one attached hydrogen (secondary N) is 2. The largest absolute Gasteiger partial charge is 0.495 e. The van der Waals surface area contributed by atoms with Gasteiger partial charge in [-0.3, -0.25) is 9.59 Å². The SMILES string of the molecule is COc1ccc(NC(=O)CNC(=O)CN)cc1S(=O)(=O)N1CCCCC1. The number of benzene rings is 1. The summed E-state index contributed by atoms with van der Waals surface area (Å²) in [7, 11) is -2.33. The van der Waals surface area contributed by atoms with Gasteiger partial charge in [-0.05, 0) is 31.0 Å². The molecule has 0 aromatic heterocycles. The van der Waals surface area contributed by atoms with Gasteiger partial charge in [0.1, 0.15) is 10.6 Å². The maximum atomic E-state index is 12.9. The molecule has 1 aliphatic rings. The number of hydrogen-bond acceptors (Lipinski definition) is 6. The highest BCUT2D eigenvalue weighted by atomic mass is 32.2. The topological polar surface area (TPSA) is 131 Å². The van der Waals surface area contributed by atoms with Crippen LogP contribution in [0, 0.1) is 0 Å². The van der Waals surface area contributed by atoms with Crippen molar-refractivity contribution in [2.45, 2.75) is 24.2 Å². The number of anilines is 1. The first-order chi connectivity index (χ1) is 12.4. The second-order valence-corrected chi connectivity index (χ2v) is 7.77. The minimum absolute atomic E-state index is 0.00527. The average Bonchev–Trinajstić information content (AvgIpc) is 2.66. The third-order valence-electron chi connectivity index (χ3n) is 4.01. The molecule has 4 N–H and O–H groups in total. The summed E-state index contributed by atoms with van der Waals surface area (Å²) >= 11 is 0. The normalized spacial score (nSPS) is 15.3. The monoisotopic (exact) mass is 384 g/mol. The van der Waals surface area contributed by atoms with Gasteiger partial charge in [0.05, 0.1) is 20.2 Å². The number of amides is 2. The standard InChI is InChI=1S/C16H24N4O5S/c1-25-13-6-5-12(19-16(22)11-18-15(21)10-17)9-14(13)26(23,24)20-7-3-2-4-8-20/h5-6,9H,2-4,7-8,10-11,17H2,1H3,(H,18,21)(H,19,22). The second-order valence-electron chi connectivity index (χ2n) is 5.86. The quantitative estimate of drug-likeness (QED) is 0.601. The number of hydrogen-bond donors (Lipinski definition) is 3. The van der Waals surface area contributed by atoms with Crippen LogP contribution in [0.15, 0.2) is 23.1 Å². The van der Waals surface area contributed by atoms with Gasteiger partial charge in [0.15, 0.2) is 0 Å². The van der Waals surface area contributed by atoms with E-state index in [1.54, 1.807) is 0 Å². The van der Waals surface area contributed by atoms with Gasteiger partial charge in [-0.1, -0.05) is 6.42 Å². The molecule has 0 atom stereocenters. The van der Waals surface area contributed by atoms with E-state index in [0.29, 0.717) is 18.8 Å². The Morgan fingerprint density at radius 2 is 1.88 bits per heavy atom. The predicted octanol–water partition coefficient (Wildman–Crippen LogP) is -0.117. The summed E-state index contributed by atoms with van der Waals surface area (Å²) in [5, 5.41) is 4.90. The van der Waals surface area contributed by atoms with Crippen molar-refractivity contribution >= 4 is 27.5 Å². The predicted molar refractivity (Wildman–Crippen MR) is 96.3 cm³/mol. The average molecular weight is 384 g/mol. The van der Waals surface area contributed by atoms with Crippen LogP contribution < -0.4 is 21.1 Å². The molecular formula is C16H24N4O5S. The fraction of sp³-hybridized carbons (Fsp3) is 0.500. The van der Waals surface area contributed by atoms with Crippen LogP contribution in [0.25, 0.3) is 0 Å². The van der Waals surface area contributed by atoms with Crippen molar-refractivity contribution in [1.29, 1.82) is 0 Å². The molecule has 26 heavy (non-hydrogen) atoms. The number of sulfonamides is 1. The molecule has 1 heterocycles. The van der Waals surface area contributed by atoms with Crippen molar-refractivity contribution in [2.75, 3.05) is 38.6 Å². The van der Waals surface area contributed by atoms with Gasteiger partial charge in [-0.2, -0.15) is 4.31 Å². The Morgan fingerprint density at radius 3 is 2.50 bits per heavy atom. The number of ether oxygens (including phenoxy) is 1. The molecule has 9 nitrogen and oxygen atoms in total. The molecule has 1 aromatic rings. The minimum Gasteiger partial charge on any atom is -0.495 e. The molecule has 144 valence electrons. The molecule has 0 radical (unpaired) electrons. The number of methoxy groups -OCH3 is 1. The van der Waals surface area contributed by atoms with Crippen LogP contribution >= 0.6 is 0 Å². The number of carbonyl (C=O) groups is 2. The number of piperidine rings is 1. The Hall–Kier alpha value is -2.17. The lowest BCUT2D eigenvalue weighted by molar-refractivity contribution is -0.123. The first kappa shape index (κ1) is 20.1. The van der Waals surface area contributed by atoms with E-state index in [2.05, 4.69) is 10.6 Å². The van der Waals surface area contributed by atoms with Crippen LogP contribution in [0.5, 0.6) is 5.75 Å². The molecule has 1 fully saturated rings. The first-order valence-electron chi connectivity index (χ1n) is 8.33. The summed E-state index contributed by atoms with van der Waals surface area (Å²) in [6.07, 6.45) is 2.64. The zero-order valence-electron chi connectivity index (χ0n) is 14.7. The van der Waals surface area contributed by atoms with Crippen molar-refractivity contribution < 1.29 is 22.7 Å². The van der Waals surface area contributed by atoms with Gasteiger partial charge in [0.25, 0.3) is 0 Å². The Kier molecular flexibility index (Phi) is 6.95. The number of nitrogens with zero attached hydrogens (tertiary/aromatic N) is 1. The van der Waals surface area contributed by atoms with Gasteiger partial charge < -0.3 is 21.1 Å². The van der Waals surface area contributed by atoms with Gasteiger partial charge in [0.2, 0.25) is 21.8 Å². The molecule has 0 bridgehead atoms. The lowest BCUT2D eigenvalue weighted by Gasteiger charge is -2.26. The third kappa shape index (κ3) is 4.93. The fourth-order valence-corrected chi connectivity index (χ4v) is 4.36. The summed E-state index contributed by atoms with van der Waals surface area (Å²) in [5.41, 5.74) is 5.45. The molecule has 2 rings (SSSR count). The lowest BCUT2D eigenvalue weighted by Crippen LogP contribution is -2.37. The molecule has 1 saturated heterocycles. The lowest BCUT2D eigenvalue weighted by atomic mass is 10.2. The summed E-state index contributed by atoms with van der Waals surface area (Å²) in [6.45, 7) is 0.463. The maximum absolute atomic E-state index is 12.9. The summed E-state index contributed by atoms with van der Waals surface area (Å²) in [5.74, 6) is -0.730. The zero-order chi connectivity index (χ0) is 19.2. The number of carbonyl (C=O) groups excluding carboxylic acids is 2. The van der Waals surface area contributed by atoms with Crippen molar-refractivity contribution in [3.05, 3.63) is 18.2 Å². The van der Waals surface area contributed by atoms with Crippen molar-refractivity contribution in [2.24, 2.45) is 5.73 Å². The Balaban J connectivity index is 2.19. The Bertz CT molecular complexity index is 760. The van der Waals surface area contributed by atoms with Crippen LogP contribution in [-0.2, 0) is 19.6 Å². The van der Waals surface area contributed by atoms with Crippen LogP contribution in [0.3, 0.4) is 0 Å². The molecule has 10 heteroatoms. The maximum Gasteiger partial charge on any atom is 0.246 e. The molecule has 0 saturated carbocycles. The van der Waals surface area contributed by atoms with E-state index in [-0.39, 0.29) is 23.7 Å². The Labute approximate surface area is 152 Å². The summed E-state index contributed by atoms with van der Waals surface area (Å²) < 4.78 is 32.5. The number of rotatable bonds is 7. The van der Waals surface area contributed by atoms with Gasteiger partial charge in [0, 0.05) is 18.8 Å². The molecule has 1 aliphatic heterocycles. The fourth-order valence-electron chi connectivity index (χ4n) is 2.66. The van der Waals surface area contributed by atoms with Gasteiger partial charge in [-0.25, -0.2) is 8.42 Å². The number of nitrogens with two attached hydrogens (primary N) is 1. The van der Waals surface area contributed by atoms with Crippen molar-refractivity contribution in [3.8, 4) is 5.75 Å². The second kappa shape index (κ2) is 8.97. The molecule has 2 amide bonds. The van der Waals surface area contributed by atoms with E-state index in [1.165, 1.54) is 29.6 Å². The van der Waals surface area contributed by atoms with Crippen molar-refractivity contribution in [1.82, 2.24) is 9.62 Å². The van der Waals surface area contributed by atoms with Crippen LogP contribution in [0.2, 0.25) is 0 Å². The molecule has 0 aliphatic carbocycles. The van der Waals surface area contributed by atoms with E-state index >= 15 is 0 Å². The van der Waals surface area contributed by atoms with E-state index in [1.807, 2.05) is 0 Å². The van der Waals surface area contributed by atoms with Gasteiger partial charge in [-0.15, -0.1) is 0 Å². The minimum atomic E-state index is -3.72. The summed E-state index contributed by atoms with van der Waals surface area (Å²) in [4.78, 5) is 23.0. The van der Waals surface area contributed by atoms with Crippen LogP contribution in [-0.4, -0.2) is 57.8 Å². The first-order valence-corrected chi connectivity index (χ1v) is 9.77. The van der Waals surface area contributed by atoms with E-state index in [0.717, 1.165) is 19.3 Å².